The van der Waals surface area contributed by atoms with Crippen LogP contribution in [0.5, 0.6) is 0 Å². The average molecular weight is 367 g/mol. The summed E-state index contributed by atoms with van der Waals surface area (Å²) in [6, 6.07) is 7.58. The first-order valence-electron chi connectivity index (χ1n) is 10.6. The molecule has 0 aromatic heterocycles. The van der Waals surface area contributed by atoms with Gasteiger partial charge in [0.1, 0.15) is 0 Å². The maximum absolute atomic E-state index is 12.6. The first-order valence-corrected chi connectivity index (χ1v) is 10.6. The number of nitrogens with zero attached hydrogens (tertiary/aromatic N) is 1. The van der Waals surface area contributed by atoms with Gasteiger partial charge in [-0.15, -0.1) is 0 Å². The van der Waals surface area contributed by atoms with Crippen molar-refractivity contribution < 1.29 is 9.59 Å². The van der Waals surface area contributed by atoms with Gasteiger partial charge in [0.25, 0.3) is 0 Å². The number of carbonyl (C=O) groups excluding carboxylic acids is 2. The molecule has 27 heavy (non-hydrogen) atoms. The van der Waals surface area contributed by atoms with Crippen LogP contribution in [0.25, 0.3) is 0 Å². The Labute approximate surface area is 160 Å². The van der Waals surface area contributed by atoms with Crippen molar-refractivity contribution >= 4 is 23.3 Å². The molecule has 6 rings (SSSR count). The van der Waals surface area contributed by atoms with Gasteiger partial charge in [0.15, 0.2) is 0 Å². The molecule has 5 fully saturated rings. The summed E-state index contributed by atoms with van der Waals surface area (Å²) in [6.07, 6.45) is 10.3. The molecule has 5 heteroatoms. The van der Waals surface area contributed by atoms with Gasteiger partial charge in [-0.05, 0) is 93.4 Å². The van der Waals surface area contributed by atoms with Crippen LogP contribution in [0.1, 0.15) is 57.8 Å². The van der Waals surface area contributed by atoms with E-state index in [1.807, 2.05) is 29.2 Å². The molecule has 2 N–H and O–H groups in total. The molecule has 4 saturated carbocycles. The third-order valence-corrected chi connectivity index (χ3v) is 7.18. The van der Waals surface area contributed by atoms with E-state index in [0.717, 1.165) is 67.8 Å². The number of benzene rings is 1. The number of anilines is 2. The van der Waals surface area contributed by atoms with Crippen molar-refractivity contribution in [3.8, 4) is 0 Å². The molecule has 1 aliphatic heterocycles. The second-order valence-corrected chi connectivity index (χ2v) is 9.33. The van der Waals surface area contributed by atoms with E-state index in [4.69, 9.17) is 0 Å². The van der Waals surface area contributed by atoms with Gasteiger partial charge in [-0.2, -0.15) is 0 Å². The molecule has 5 nitrogen and oxygen atoms in total. The Bertz CT molecular complexity index is 707. The highest BCUT2D eigenvalue weighted by molar-refractivity contribution is 5.95. The predicted octanol–water partition coefficient (Wildman–Crippen LogP) is 4.29. The molecular weight excluding hydrogens is 338 g/mol. The number of carbonyl (C=O) groups is 2. The molecule has 4 aliphatic carbocycles. The van der Waals surface area contributed by atoms with E-state index in [0.29, 0.717) is 6.42 Å². The van der Waals surface area contributed by atoms with Crippen molar-refractivity contribution in [2.24, 2.45) is 17.8 Å². The van der Waals surface area contributed by atoms with Crippen LogP contribution in [0.15, 0.2) is 24.3 Å². The SMILES string of the molecule is O=C(Nc1ccc(N2CCCCC2=O)cc1)NC12CC3CC(CC(C3)C1)C2. The lowest BCUT2D eigenvalue weighted by molar-refractivity contribution is -0.119. The van der Waals surface area contributed by atoms with Crippen LogP contribution in [0, 0.1) is 17.8 Å². The van der Waals surface area contributed by atoms with Crippen molar-refractivity contribution in [2.75, 3.05) is 16.8 Å². The highest BCUT2D eigenvalue weighted by Crippen LogP contribution is 2.55. The minimum Gasteiger partial charge on any atom is -0.332 e. The van der Waals surface area contributed by atoms with E-state index in [-0.39, 0.29) is 17.5 Å². The maximum Gasteiger partial charge on any atom is 0.319 e. The lowest BCUT2D eigenvalue weighted by atomic mass is 9.53. The Hall–Kier alpha value is -2.04. The first-order chi connectivity index (χ1) is 13.1. The third-order valence-electron chi connectivity index (χ3n) is 7.18. The molecule has 0 spiro atoms. The fourth-order valence-electron chi connectivity index (χ4n) is 6.47. The van der Waals surface area contributed by atoms with E-state index in [1.54, 1.807) is 0 Å². The van der Waals surface area contributed by atoms with Crippen molar-refractivity contribution in [1.82, 2.24) is 5.32 Å². The van der Waals surface area contributed by atoms with Crippen molar-refractivity contribution in [2.45, 2.75) is 63.3 Å². The third kappa shape index (κ3) is 3.32. The van der Waals surface area contributed by atoms with Gasteiger partial charge < -0.3 is 15.5 Å². The monoisotopic (exact) mass is 367 g/mol. The smallest absolute Gasteiger partial charge is 0.319 e. The lowest BCUT2D eigenvalue weighted by Crippen LogP contribution is -2.60. The normalized spacial score (nSPS) is 34.6. The summed E-state index contributed by atoms with van der Waals surface area (Å²) < 4.78 is 0. The fourth-order valence-corrected chi connectivity index (χ4v) is 6.47. The predicted molar refractivity (Wildman–Crippen MR) is 106 cm³/mol. The highest BCUT2D eigenvalue weighted by atomic mass is 16.2. The zero-order valence-electron chi connectivity index (χ0n) is 15.9. The summed E-state index contributed by atoms with van der Waals surface area (Å²) in [5.41, 5.74) is 1.73. The van der Waals surface area contributed by atoms with Crippen molar-refractivity contribution in [1.29, 1.82) is 0 Å². The summed E-state index contributed by atoms with van der Waals surface area (Å²) in [6.45, 7) is 0.790. The van der Waals surface area contributed by atoms with Crippen LogP contribution in [0.3, 0.4) is 0 Å². The first kappa shape index (κ1) is 17.1. The quantitative estimate of drug-likeness (QED) is 0.837. The van der Waals surface area contributed by atoms with Crippen LogP contribution < -0.4 is 15.5 Å². The van der Waals surface area contributed by atoms with E-state index in [9.17, 15) is 9.59 Å². The van der Waals surface area contributed by atoms with E-state index < -0.39 is 0 Å². The Balaban J connectivity index is 1.22. The van der Waals surface area contributed by atoms with Gasteiger partial charge in [0.2, 0.25) is 5.91 Å². The number of hydrogen-bond acceptors (Lipinski definition) is 2. The van der Waals surface area contributed by atoms with Crippen molar-refractivity contribution in [3.05, 3.63) is 24.3 Å². The zero-order chi connectivity index (χ0) is 18.4. The summed E-state index contributed by atoms with van der Waals surface area (Å²) in [7, 11) is 0. The van der Waals surface area contributed by atoms with Crippen LogP contribution >= 0.6 is 0 Å². The zero-order valence-corrected chi connectivity index (χ0v) is 15.9. The maximum atomic E-state index is 12.6. The van der Waals surface area contributed by atoms with Crippen molar-refractivity contribution in [3.63, 3.8) is 0 Å². The molecule has 4 bridgehead atoms. The molecule has 1 aromatic carbocycles. The molecule has 0 radical (unpaired) electrons. The largest absolute Gasteiger partial charge is 0.332 e. The Morgan fingerprint density at radius 2 is 1.59 bits per heavy atom. The van der Waals surface area contributed by atoms with E-state index in [1.165, 1.54) is 19.3 Å². The second-order valence-electron chi connectivity index (χ2n) is 9.33. The fraction of sp³-hybridized carbons (Fsp3) is 0.636. The van der Waals surface area contributed by atoms with Gasteiger partial charge in [-0.25, -0.2) is 4.79 Å². The molecule has 0 atom stereocenters. The number of nitrogens with one attached hydrogen (secondary N) is 2. The topological polar surface area (TPSA) is 61.4 Å². The van der Waals surface area contributed by atoms with Crippen LogP contribution in [0.4, 0.5) is 16.2 Å². The Kier molecular flexibility index (Phi) is 4.14. The standard InChI is InChI=1S/C22H29N3O2/c26-20-3-1-2-8-25(20)19-6-4-18(5-7-19)23-21(27)24-22-12-15-9-16(13-22)11-17(10-15)14-22/h4-7,15-17H,1-3,8-14H2,(H2,23,24,27). The summed E-state index contributed by atoms with van der Waals surface area (Å²) >= 11 is 0. The van der Waals surface area contributed by atoms with E-state index >= 15 is 0 Å². The number of piperidine rings is 1. The molecule has 144 valence electrons. The van der Waals surface area contributed by atoms with Crippen LogP contribution in [-0.4, -0.2) is 24.0 Å². The Morgan fingerprint density at radius 1 is 0.963 bits per heavy atom. The molecule has 1 saturated heterocycles. The lowest BCUT2D eigenvalue weighted by Gasteiger charge is -2.56. The number of hydrogen-bond donors (Lipinski definition) is 2. The van der Waals surface area contributed by atoms with Gasteiger partial charge in [0, 0.05) is 29.9 Å². The number of rotatable bonds is 3. The minimum atomic E-state index is -0.0845. The molecule has 1 aromatic rings. The molecule has 0 unspecified atom stereocenters. The molecule has 1 heterocycles. The van der Waals surface area contributed by atoms with Crippen LogP contribution in [0.2, 0.25) is 0 Å². The van der Waals surface area contributed by atoms with E-state index in [2.05, 4.69) is 10.6 Å². The molecular formula is C22H29N3O2. The Morgan fingerprint density at radius 3 is 2.19 bits per heavy atom. The second kappa shape index (κ2) is 6.54. The summed E-state index contributed by atoms with van der Waals surface area (Å²) in [4.78, 5) is 26.6. The number of amides is 3. The average Bonchev–Trinajstić information content (AvgIpc) is 2.61. The molecule has 3 amide bonds. The van der Waals surface area contributed by atoms with Gasteiger partial charge in [-0.3, -0.25) is 4.79 Å². The number of urea groups is 1. The summed E-state index contributed by atoms with van der Waals surface area (Å²) in [5.74, 6) is 2.65. The highest BCUT2D eigenvalue weighted by Gasteiger charge is 2.51. The van der Waals surface area contributed by atoms with Gasteiger partial charge >= 0.3 is 6.03 Å². The van der Waals surface area contributed by atoms with Gasteiger partial charge in [-0.1, -0.05) is 0 Å². The molecule has 5 aliphatic rings. The summed E-state index contributed by atoms with van der Waals surface area (Å²) in [5, 5.41) is 6.35. The van der Waals surface area contributed by atoms with Gasteiger partial charge in [0.05, 0.1) is 0 Å². The minimum absolute atomic E-state index is 0.0268. The van der Waals surface area contributed by atoms with Crippen LogP contribution in [-0.2, 0) is 4.79 Å².